The lowest BCUT2D eigenvalue weighted by Gasteiger charge is -2.29. The second kappa shape index (κ2) is 5.22. The van der Waals surface area contributed by atoms with Crippen LogP contribution in [0.2, 0.25) is 0 Å². The molecule has 2 N–H and O–H groups in total. The zero-order chi connectivity index (χ0) is 10.5. The second-order valence-electron chi connectivity index (χ2n) is 4.46. The van der Waals surface area contributed by atoms with Gasteiger partial charge in [0, 0.05) is 13.1 Å². The maximum atomic E-state index is 10.2. The molecule has 13 heavy (non-hydrogen) atoms. The Morgan fingerprint density at radius 3 is 2.38 bits per heavy atom. The lowest BCUT2D eigenvalue weighted by atomic mass is 9.81. The zero-order valence-electron chi connectivity index (χ0n) is 9.05. The maximum Gasteiger partial charge on any atom is 0.304 e. The van der Waals surface area contributed by atoms with Crippen molar-refractivity contribution in [2.24, 2.45) is 11.3 Å². The Balaban J connectivity index is 3.58. The Hall–Kier alpha value is -0.570. The topological polar surface area (TPSA) is 49.3 Å². The third kappa shape index (κ3) is 5.64. The zero-order valence-corrected chi connectivity index (χ0v) is 9.05. The molecule has 3 heteroatoms. The van der Waals surface area contributed by atoms with E-state index < -0.39 is 5.97 Å². The van der Waals surface area contributed by atoms with Crippen molar-refractivity contribution >= 4 is 5.97 Å². The molecule has 0 aliphatic heterocycles. The van der Waals surface area contributed by atoms with Gasteiger partial charge in [-0.1, -0.05) is 27.7 Å². The predicted molar refractivity (Wildman–Crippen MR) is 53.7 cm³/mol. The Kier molecular flexibility index (Phi) is 4.99. The van der Waals surface area contributed by atoms with E-state index in [1.807, 2.05) is 0 Å². The summed E-state index contributed by atoms with van der Waals surface area (Å²) in [5, 5.41) is 11.6. The van der Waals surface area contributed by atoms with E-state index in [9.17, 15) is 4.79 Å². The van der Waals surface area contributed by atoms with Gasteiger partial charge in [-0.25, -0.2) is 0 Å². The van der Waals surface area contributed by atoms with Crippen LogP contribution in [0.25, 0.3) is 0 Å². The van der Waals surface area contributed by atoms with E-state index in [1.165, 1.54) is 0 Å². The van der Waals surface area contributed by atoms with Crippen LogP contribution in [0.4, 0.5) is 0 Å². The third-order valence-corrected chi connectivity index (χ3v) is 2.66. The molecule has 0 bridgehead atoms. The molecule has 0 fully saturated rings. The van der Waals surface area contributed by atoms with E-state index in [2.05, 4.69) is 33.0 Å². The maximum absolute atomic E-state index is 10.2. The number of hydrogen-bond acceptors (Lipinski definition) is 2. The molecule has 0 aliphatic rings. The molecule has 0 saturated heterocycles. The van der Waals surface area contributed by atoms with Gasteiger partial charge < -0.3 is 10.4 Å². The number of nitrogens with one attached hydrogen (secondary N) is 1. The van der Waals surface area contributed by atoms with Gasteiger partial charge in [0.25, 0.3) is 0 Å². The summed E-state index contributed by atoms with van der Waals surface area (Å²) in [6.07, 6.45) is 0.203. The molecule has 0 aromatic carbocycles. The molecule has 0 radical (unpaired) electrons. The summed E-state index contributed by atoms with van der Waals surface area (Å²) in [7, 11) is 0. The standard InChI is InChI=1S/C10H21NO2/c1-8(2)10(3,4)7-11-6-5-9(12)13/h8,11H,5-7H2,1-4H3,(H,12,13). The number of carboxylic acids is 1. The van der Waals surface area contributed by atoms with Gasteiger partial charge in [-0.3, -0.25) is 4.79 Å². The van der Waals surface area contributed by atoms with Crippen LogP contribution >= 0.6 is 0 Å². The molecule has 0 heterocycles. The van der Waals surface area contributed by atoms with Crippen LogP contribution in [0.5, 0.6) is 0 Å². The lowest BCUT2D eigenvalue weighted by Crippen LogP contribution is -2.34. The molecule has 0 unspecified atom stereocenters. The van der Waals surface area contributed by atoms with Crippen LogP contribution in [-0.4, -0.2) is 24.2 Å². The van der Waals surface area contributed by atoms with Gasteiger partial charge in [0.05, 0.1) is 6.42 Å². The second-order valence-corrected chi connectivity index (χ2v) is 4.46. The summed E-state index contributed by atoms with van der Waals surface area (Å²) in [4.78, 5) is 10.2. The fourth-order valence-electron chi connectivity index (χ4n) is 0.810. The largest absolute Gasteiger partial charge is 0.481 e. The van der Waals surface area contributed by atoms with Gasteiger partial charge in [-0.05, 0) is 11.3 Å². The van der Waals surface area contributed by atoms with E-state index in [0.717, 1.165) is 6.54 Å². The number of carbonyl (C=O) groups is 1. The van der Waals surface area contributed by atoms with Crippen LogP contribution in [0.15, 0.2) is 0 Å². The average Bonchev–Trinajstić information content (AvgIpc) is 1.97. The van der Waals surface area contributed by atoms with E-state index >= 15 is 0 Å². The summed E-state index contributed by atoms with van der Waals surface area (Å²) >= 11 is 0. The fraction of sp³-hybridized carbons (Fsp3) is 0.900. The summed E-state index contributed by atoms with van der Waals surface area (Å²) in [5.74, 6) is -0.139. The fourth-order valence-corrected chi connectivity index (χ4v) is 0.810. The highest BCUT2D eigenvalue weighted by atomic mass is 16.4. The molecule has 78 valence electrons. The molecular weight excluding hydrogens is 166 g/mol. The first-order valence-electron chi connectivity index (χ1n) is 4.79. The van der Waals surface area contributed by atoms with Crippen molar-refractivity contribution in [3.8, 4) is 0 Å². The minimum absolute atomic E-state index is 0.203. The number of carboxylic acid groups (broad SMARTS) is 1. The van der Waals surface area contributed by atoms with Gasteiger partial charge in [-0.2, -0.15) is 0 Å². The normalized spacial score (nSPS) is 12.1. The Bertz CT molecular complexity index is 164. The van der Waals surface area contributed by atoms with Crippen molar-refractivity contribution in [3.63, 3.8) is 0 Å². The molecule has 0 aliphatic carbocycles. The number of rotatable bonds is 6. The van der Waals surface area contributed by atoms with Crippen LogP contribution in [0.3, 0.4) is 0 Å². The Morgan fingerprint density at radius 1 is 1.46 bits per heavy atom. The summed E-state index contributed by atoms with van der Waals surface area (Å²) in [5.41, 5.74) is 0.235. The van der Waals surface area contributed by atoms with Gasteiger partial charge in [0.15, 0.2) is 0 Å². The van der Waals surface area contributed by atoms with Crippen LogP contribution < -0.4 is 5.32 Å². The van der Waals surface area contributed by atoms with Crippen molar-refractivity contribution in [2.45, 2.75) is 34.1 Å². The van der Waals surface area contributed by atoms with E-state index in [1.54, 1.807) is 0 Å². The first-order valence-corrected chi connectivity index (χ1v) is 4.79. The quantitative estimate of drug-likeness (QED) is 0.623. The van der Waals surface area contributed by atoms with Crippen molar-refractivity contribution < 1.29 is 9.90 Å². The van der Waals surface area contributed by atoms with E-state index in [0.29, 0.717) is 12.5 Å². The third-order valence-electron chi connectivity index (χ3n) is 2.66. The first kappa shape index (κ1) is 12.4. The number of hydrogen-bond donors (Lipinski definition) is 2. The molecule has 0 rings (SSSR count). The molecule has 0 saturated carbocycles. The smallest absolute Gasteiger partial charge is 0.304 e. The molecule has 3 nitrogen and oxygen atoms in total. The van der Waals surface area contributed by atoms with Gasteiger partial charge >= 0.3 is 5.97 Å². The average molecular weight is 187 g/mol. The van der Waals surface area contributed by atoms with Crippen molar-refractivity contribution in [1.82, 2.24) is 5.32 Å². The van der Waals surface area contributed by atoms with Crippen LogP contribution in [0.1, 0.15) is 34.1 Å². The first-order chi connectivity index (χ1) is 5.86. The Labute approximate surface area is 80.5 Å². The van der Waals surface area contributed by atoms with Crippen molar-refractivity contribution in [3.05, 3.63) is 0 Å². The van der Waals surface area contributed by atoms with Gasteiger partial charge in [0.1, 0.15) is 0 Å². The minimum atomic E-state index is -0.741. The monoisotopic (exact) mass is 187 g/mol. The van der Waals surface area contributed by atoms with Crippen molar-refractivity contribution in [2.75, 3.05) is 13.1 Å². The van der Waals surface area contributed by atoms with Gasteiger partial charge in [0.2, 0.25) is 0 Å². The molecular formula is C10H21NO2. The van der Waals surface area contributed by atoms with E-state index in [4.69, 9.17) is 5.11 Å². The molecule has 0 amide bonds. The van der Waals surface area contributed by atoms with Crippen LogP contribution in [-0.2, 0) is 4.79 Å². The highest BCUT2D eigenvalue weighted by Crippen LogP contribution is 2.24. The highest BCUT2D eigenvalue weighted by Gasteiger charge is 2.21. The summed E-state index contributed by atoms with van der Waals surface area (Å²) in [6.45, 7) is 10.2. The minimum Gasteiger partial charge on any atom is -0.481 e. The highest BCUT2D eigenvalue weighted by molar-refractivity contribution is 5.66. The Morgan fingerprint density at radius 2 is 2.00 bits per heavy atom. The van der Waals surface area contributed by atoms with Crippen LogP contribution in [0, 0.1) is 11.3 Å². The molecule has 0 aromatic heterocycles. The number of aliphatic carboxylic acids is 1. The predicted octanol–water partition coefficient (Wildman–Crippen LogP) is 1.73. The lowest BCUT2D eigenvalue weighted by molar-refractivity contribution is -0.136. The van der Waals surface area contributed by atoms with Gasteiger partial charge in [-0.15, -0.1) is 0 Å². The molecule has 0 atom stereocenters. The summed E-state index contributed by atoms with van der Waals surface area (Å²) in [6, 6.07) is 0. The van der Waals surface area contributed by atoms with Crippen molar-refractivity contribution in [1.29, 1.82) is 0 Å². The molecule has 0 spiro atoms. The van der Waals surface area contributed by atoms with E-state index in [-0.39, 0.29) is 11.8 Å². The molecule has 0 aromatic rings. The SMILES string of the molecule is CC(C)C(C)(C)CNCCC(=O)O. The summed E-state index contributed by atoms with van der Waals surface area (Å²) < 4.78 is 0.